The number of fused-ring (bicyclic) bond motifs is 2. The SMILES string of the molecule is CNc1ccc2c(c1)SC(=CC=Cc1sc3cc(NC)ccc3[n+]1C)N2C. The van der Waals surface area contributed by atoms with Gasteiger partial charge in [-0.25, -0.2) is 0 Å². The van der Waals surface area contributed by atoms with Crippen LogP contribution in [0.25, 0.3) is 16.3 Å². The van der Waals surface area contributed by atoms with E-state index in [1.165, 1.54) is 30.8 Å². The summed E-state index contributed by atoms with van der Waals surface area (Å²) >= 11 is 3.61. The van der Waals surface area contributed by atoms with Gasteiger partial charge in [0, 0.05) is 49.6 Å². The summed E-state index contributed by atoms with van der Waals surface area (Å²) in [5.41, 5.74) is 4.80. The van der Waals surface area contributed by atoms with E-state index < -0.39 is 0 Å². The van der Waals surface area contributed by atoms with Crippen LogP contribution in [0, 0.1) is 0 Å². The molecule has 0 saturated carbocycles. The number of rotatable bonds is 4. The maximum absolute atomic E-state index is 3.21. The van der Waals surface area contributed by atoms with Crippen molar-refractivity contribution in [1.29, 1.82) is 0 Å². The Morgan fingerprint density at radius 1 is 1.04 bits per heavy atom. The van der Waals surface area contributed by atoms with Crippen molar-refractivity contribution >= 4 is 56.5 Å². The molecule has 0 bridgehead atoms. The molecule has 4 nitrogen and oxygen atoms in total. The fraction of sp³-hybridized carbons (Fsp3) is 0.190. The fourth-order valence-corrected chi connectivity index (χ4v) is 5.37. The minimum absolute atomic E-state index is 1.14. The fourth-order valence-electron chi connectivity index (χ4n) is 3.16. The monoisotopic (exact) mass is 395 g/mol. The van der Waals surface area contributed by atoms with Crippen LogP contribution in [0.4, 0.5) is 17.1 Å². The lowest BCUT2D eigenvalue weighted by Gasteiger charge is -2.12. The summed E-state index contributed by atoms with van der Waals surface area (Å²) in [6.07, 6.45) is 6.52. The van der Waals surface area contributed by atoms with Crippen LogP contribution in [0.15, 0.2) is 58.5 Å². The van der Waals surface area contributed by atoms with Crippen LogP contribution in [-0.2, 0) is 7.05 Å². The minimum atomic E-state index is 1.14. The molecule has 0 atom stereocenters. The van der Waals surface area contributed by atoms with E-state index in [-0.39, 0.29) is 0 Å². The molecule has 2 aromatic carbocycles. The second kappa shape index (κ2) is 7.29. The topological polar surface area (TPSA) is 31.2 Å². The molecular formula is C21H23N4S2+. The molecule has 0 aliphatic carbocycles. The van der Waals surface area contributed by atoms with E-state index in [2.05, 4.69) is 88.8 Å². The number of anilines is 3. The smallest absolute Gasteiger partial charge is 0.262 e. The third kappa shape index (κ3) is 3.31. The summed E-state index contributed by atoms with van der Waals surface area (Å²) in [4.78, 5) is 3.53. The lowest BCUT2D eigenvalue weighted by Crippen LogP contribution is -2.28. The second-order valence-corrected chi connectivity index (χ2v) is 8.51. The largest absolute Gasteiger partial charge is 0.388 e. The molecule has 4 rings (SSSR count). The highest BCUT2D eigenvalue weighted by Gasteiger charge is 2.21. The van der Waals surface area contributed by atoms with Crippen molar-refractivity contribution in [3.8, 4) is 0 Å². The summed E-state index contributed by atoms with van der Waals surface area (Å²) in [5.74, 6) is 0. The van der Waals surface area contributed by atoms with Crippen LogP contribution in [0.2, 0.25) is 0 Å². The van der Waals surface area contributed by atoms with Gasteiger partial charge in [0.2, 0.25) is 5.52 Å². The molecular weight excluding hydrogens is 372 g/mol. The van der Waals surface area contributed by atoms with E-state index in [1.807, 2.05) is 37.2 Å². The molecule has 1 aromatic heterocycles. The molecule has 1 aliphatic rings. The van der Waals surface area contributed by atoms with Gasteiger partial charge < -0.3 is 15.5 Å². The summed E-state index contributed by atoms with van der Waals surface area (Å²) in [6.45, 7) is 0. The van der Waals surface area contributed by atoms with Crippen LogP contribution < -0.4 is 20.1 Å². The third-order valence-corrected chi connectivity index (χ3v) is 7.12. The Labute approximate surface area is 168 Å². The molecule has 0 amide bonds. The summed E-state index contributed by atoms with van der Waals surface area (Å²) in [5, 5.41) is 8.88. The number of nitrogens with one attached hydrogen (secondary N) is 2. The molecule has 2 N–H and O–H groups in total. The molecule has 2 heterocycles. The Hall–Kier alpha value is -2.44. The quantitative estimate of drug-likeness (QED) is 0.615. The summed E-state index contributed by atoms with van der Waals surface area (Å²) in [6, 6.07) is 13.0. The molecule has 0 saturated heterocycles. The van der Waals surface area contributed by atoms with Crippen molar-refractivity contribution in [2.45, 2.75) is 4.90 Å². The number of hydrogen-bond donors (Lipinski definition) is 2. The summed E-state index contributed by atoms with van der Waals surface area (Å²) in [7, 11) is 8.15. The van der Waals surface area contributed by atoms with E-state index >= 15 is 0 Å². The highest BCUT2D eigenvalue weighted by molar-refractivity contribution is 8.03. The normalized spacial score (nSPS) is 15.1. The maximum atomic E-state index is 3.21. The Balaban J connectivity index is 1.59. The first-order valence-electron chi connectivity index (χ1n) is 8.83. The van der Waals surface area contributed by atoms with E-state index in [0.717, 1.165) is 11.4 Å². The van der Waals surface area contributed by atoms with Crippen LogP contribution >= 0.6 is 23.1 Å². The first kappa shape index (κ1) is 17.9. The number of aromatic nitrogens is 1. The zero-order chi connectivity index (χ0) is 19.0. The molecule has 0 radical (unpaired) electrons. The average molecular weight is 396 g/mol. The van der Waals surface area contributed by atoms with E-state index in [4.69, 9.17) is 0 Å². The molecule has 1 aliphatic heterocycles. The number of hydrogen-bond acceptors (Lipinski definition) is 5. The van der Waals surface area contributed by atoms with Gasteiger partial charge in [-0.05, 0) is 36.4 Å². The number of thiazole rings is 1. The van der Waals surface area contributed by atoms with Gasteiger partial charge in [0.15, 0.2) is 0 Å². The standard InChI is InChI=1S/C21H23N4S2/c1-22-14-8-10-16-18(12-14)26-20(24(16)3)6-5-7-21-25(4)17-11-9-15(23-2)13-19(17)27-21/h5-13,22-23H,1-4H3/q+1. The highest BCUT2D eigenvalue weighted by atomic mass is 32.2. The molecule has 27 heavy (non-hydrogen) atoms. The van der Waals surface area contributed by atoms with Crippen molar-refractivity contribution < 1.29 is 4.57 Å². The van der Waals surface area contributed by atoms with Gasteiger partial charge in [-0.2, -0.15) is 4.57 Å². The van der Waals surface area contributed by atoms with E-state index in [1.54, 1.807) is 0 Å². The Bertz CT molecular complexity index is 1070. The van der Waals surface area contributed by atoms with Gasteiger partial charge in [-0.3, -0.25) is 0 Å². The number of aryl methyl sites for hydroxylation is 1. The highest BCUT2D eigenvalue weighted by Crippen LogP contribution is 2.46. The summed E-state index contributed by atoms with van der Waals surface area (Å²) < 4.78 is 3.53. The Morgan fingerprint density at radius 3 is 2.56 bits per heavy atom. The molecule has 3 aromatic rings. The van der Waals surface area contributed by atoms with Crippen LogP contribution in [0.1, 0.15) is 5.01 Å². The number of thioether (sulfide) groups is 1. The van der Waals surface area contributed by atoms with Gasteiger partial charge in [0.25, 0.3) is 5.01 Å². The van der Waals surface area contributed by atoms with Crippen molar-refractivity contribution in [1.82, 2.24) is 0 Å². The van der Waals surface area contributed by atoms with Gasteiger partial charge in [0.05, 0.1) is 10.7 Å². The predicted molar refractivity (Wildman–Crippen MR) is 120 cm³/mol. The molecule has 0 fully saturated rings. The van der Waals surface area contributed by atoms with Crippen molar-refractivity contribution in [3.05, 3.63) is 58.6 Å². The second-order valence-electron chi connectivity index (χ2n) is 6.39. The van der Waals surface area contributed by atoms with E-state index in [0.29, 0.717) is 0 Å². The van der Waals surface area contributed by atoms with Crippen molar-refractivity contribution in [3.63, 3.8) is 0 Å². The first-order valence-corrected chi connectivity index (χ1v) is 10.5. The molecule has 138 valence electrons. The number of allylic oxidation sites excluding steroid dienone is 2. The third-order valence-electron chi connectivity index (χ3n) is 4.79. The molecule has 0 spiro atoms. The number of nitrogens with zero attached hydrogens (tertiary/aromatic N) is 2. The lowest BCUT2D eigenvalue weighted by atomic mass is 10.2. The first-order chi connectivity index (χ1) is 13.1. The average Bonchev–Trinajstić information content (AvgIpc) is 3.18. The van der Waals surface area contributed by atoms with Crippen molar-refractivity contribution in [2.75, 3.05) is 36.7 Å². The Kier molecular flexibility index (Phi) is 4.85. The maximum Gasteiger partial charge on any atom is 0.262 e. The van der Waals surface area contributed by atoms with Crippen LogP contribution in [0.3, 0.4) is 0 Å². The Morgan fingerprint density at radius 2 is 1.78 bits per heavy atom. The van der Waals surface area contributed by atoms with Gasteiger partial charge in [-0.1, -0.05) is 29.2 Å². The van der Waals surface area contributed by atoms with Crippen molar-refractivity contribution in [2.24, 2.45) is 7.05 Å². The van der Waals surface area contributed by atoms with Gasteiger partial charge in [0.1, 0.15) is 11.7 Å². The molecule has 0 unspecified atom stereocenters. The van der Waals surface area contributed by atoms with Gasteiger partial charge in [-0.15, -0.1) is 0 Å². The van der Waals surface area contributed by atoms with Gasteiger partial charge >= 0.3 is 0 Å². The predicted octanol–water partition coefficient (Wildman–Crippen LogP) is 4.91. The van der Waals surface area contributed by atoms with E-state index in [9.17, 15) is 0 Å². The van der Waals surface area contributed by atoms with Crippen LogP contribution in [-0.4, -0.2) is 21.1 Å². The minimum Gasteiger partial charge on any atom is -0.388 e. The zero-order valence-electron chi connectivity index (χ0n) is 15.9. The lowest BCUT2D eigenvalue weighted by molar-refractivity contribution is -0.642. The molecule has 6 heteroatoms. The number of benzene rings is 2. The van der Waals surface area contributed by atoms with Crippen LogP contribution in [0.5, 0.6) is 0 Å². The zero-order valence-corrected chi connectivity index (χ0v) is 17.5.